The average Bonchev–Trinajstić information content (AvgIpc) is 2.53. The second-order valence-corrected chi connectivity index (χ2v) is 5.07. The Morgan fingerprint density at radius 2 is 2.00 bits per heavy atom. The predicted molar refractivity (Wildman–Crippen MR) is 89.3 cm³/mol. The molecule has 24 heavy (non-hydrogen) atoms. The minimum absolute atomic E-state index is 0.0186. The number of hydrogen-bond donors (Lipinski definition) is 2. The number of carbonyl (C=O) groups is 3. The number of rotatable bonds is 7. The average molecular weight is 329 g/mol. The molecule has 2 rings (SSSR count). The van der Waals surface area contributed by atoms with Crippen molar-refractivity contribution in [1.82, 2.24) is 10.2 Å². The number of ether oxygens (including phenoxy) is 1. The van der Waals surface area contributed by atoms with Crippen LogP contribution in [0.4, 0.5) is 10.5 Å². The van der Waals surface area contributed by atoms with Gasteiger partial charge >= 0.3 is 6.03 Å². The number of barbiturate groups is 1. The number of benzene rings is 1. The highest BCUT2D eigenvalue weighted by molar-refractivity contribution is 6.18. The van der Waals surface area contributed by atoms with Gasteiger partial charge in [0, 0.05) is 17.9 Å². The molecular weight excluding hydrogens is 310 g/mol. The summed E-state index contributed by atoms with van der Waals surface area (Å²) in [6, 6.07) is 6.25. The van der Waals surface area contributed by atoms with Gasteiger partial charge in [-0.05, 0) is 31.2 Å². The van der Waals surface area contributed by atoms with Crippen molar-refractivity contribution in [2.75, 3.05) is 18.5 Å². The molecule has 1 saturated heterocycles. The van der Waals surface area contributed by atoms with E-state index in [0.29, 0.717) is 18.0 Å². The standard InChI is InChI=1S/C17H19N3O4/c1-4-10-20-16(22)14(15(21)19-17(20)23)11(3)18-12-6-8-13(9-7-12)24-5-2/h4,6-9,14,18H,1,3,5,10H2,2H3,(H,19,21,23)/t14-/m1/s1. The van der Waals surface area contributed by atoms with E-state index in [1.54, 1.807) is 24.3 Å². The van der Waals surface area contributed by atoms with Crippen molar-refractivity contribution in [3.8, 4) is 5.75 Å². The van der Waals surface area contributed by atoms with Gasteiger partial charge in [0.2, 0.25) is 11.8 Å². The predicted octanol–water partition coefficient (Wildman–Crippen LogP) is 1.89. The normalized spacial score (nSPS) is 17.3. The lowest BCUT2D eigenvalue weighted by Gasteiger charge is -2.30. The van der Waals surface area contributed by atoms with Crippen molar-refractivity contribution >= 4 is 23.5 Å². The van der Waals surface area contributed by atoms with Crippen LogP contribution in [-0.4, -0.2) is 35.9 Å². The van der Waals surface area contributed by atoms with Crippen molar-refractivity contribution in [1.29, 1.82) is 0 Å². The van der Waals surface area contributed by atoms with Gasteiger partial charge in [-0.2, -0.15) is 0 Å². The van der Waals surface area contributed by atoms with E-state index in [-0.39, 0.29) is 12.2 Å². The molecule has 0 bridgehead atoms. The molecule has 1 aromatic rings. The van der Waals surface area contributed by atoms with Gasteiger partial charge in [0.15, 0.2) is 5.92 Å². The lowest BCUT2D eigenvalue weighted by molar-refractivity contribution is -0.140. The molecular formula is C17H19N3O4. The number of anilines is 1. The van der Waals surface area contributed by atoms with Crippen LogP contribution in [0.25, 0.3) is 0 Å². The molecule has 7 nitrogen and oxygen atoms in total. The summed E-state index contributed by atoms with van der Waals surface area (Å²) in [5.41, 5.74) is 0.833. The Hall–Kier alpha value is -3.09. The van der Waals surface area contributed by atoms with Crippen molar-refractivity contribution in [2.45, 2.75) is 6.92 Å². The summed E-state index contributed by atoms with van der Waals surface area (Å²) < 4.78 is 5.35. The lowest BCUT2D eigenvalue weighted by Crippen LogP contribution is -2.58. The molecule has 2 N–H and O–H groups in total. The molecule has 1 heterocycles. The van der Waals surface area contributed by atoms with Gasteiger partial charge in [-0.25, -0.2) is 4.79 Å². The van der Waals surface area contributed by atoms with Crippen LogP contribution in [0.15, 0.2) is 49.2 Å². The highest BCUT2D eigenvalue weighted by atomic mass is 16.5. The van der Waals surface area contributed by atoms with Crippen LogP contribution < -0.4 is 15.4 Å². The van der Waals surface area contributed by atoms with E-state index < -0.39 is 23.8 Å². The second kappa shape index (κ2) is 7.45. The summed E-state index contributed by atoms with van der Waals surface area (Å²) in [6.45, 7) is 9.72. The number of carbonyl (C=O) groups excluding carboxylic acids is 3. The van der Waals surface area contributed by atoms with E-state index >= 15 is 0 Å². The quantitative estimate of drug-likeness (QED) is 0.589. The van der Waals surface area contributed by atoms with Gasteiger partial charge in [-0.15, -0.1) is 6.58 Å². The summed E-state index contributed by atoms with van der Waals surface area (Å²) >= 11 is 0. The topological polar surface area (TPSA) is 87.7 Å². The Bertz CT molecular complexity index is 682. The van der Waals surface area contributed by atoms with Crippen LogP contribution in [0, 0.1) is 5.92 Å². The van der Waals surface area contributed by atoms with Crippen LogP contribution in [0.5, 0.6) is 5.75 Å². The Morgan fingerprint density at radius 3 is 2.58 bits per heavy atom. The summed E-state index contributed by atoms with van der Waals surface area (Å²) in [6.07, 6.45) is 1.41. The Morgan fingerprint density at radius 1 is 1.33 bits per heavy atom. The minimum Gasteiger partial charge on any atom is -0.494 e. The number of nitrogens with zero attached hydrogens (tertiary/aromatic N) is 1. The van der Waals surface area contributed by atoms with E-state index in [0.717, 1.165) is 4.90 Å². The molecule has 1 aliphatic rings. The molecule has 0 saturated carbocycles. The fourth-order valence-electron chi connectivity index (χ4n) is 2.28. The van der Waals surface area contributed by atoms with Crippen molar-refractivity contribution < 1.29 is 19.1 Å². The molecule has 1 aromatic carbocycles. The largest absolute Gasteiger partial charge is 0.494 e. The maximum Gasteiger partial charge on any atom is 0.331 e. The molecule has 126 valence electrons. The zero-order chi connectivity index (χ0) is 17.7. The first-order chi connectivity index (χ1) is 11.5. The number of nitrogens with one attached hydrogen (secondary N) is 2. The second-order valence-electron chi connectivity index (χ2n) is 5.07. The third-order valence-corrected chi connectivity index (χ3v) is 3.38. The summed E-state index contributed by atoms with van der Waals surface area (Å²) in [5, 5.41) is 5.07. The first-order valence-electron chi connectivity index (χ1n) is 7.43. The van der Waals surface area contributed by atoms with Crippen molar-refractivity contribution in [3.05, 3.63) is 49.2 Å². The first-order valence-corrected chi connectivity index (χ1v) is 7.43. The van der Waals surface area contributed by atoms with Gasteiger partial charge in [0.1, 0.15) is 5.75 Å². The molecule has 7 heteroatoms. The number of hydrogen-bond acceptors (Lipinski definition) is 5. The van der Waals surface area contributed by atoms with Crippen LogP contribution in [0.3, 0.4) is 0 Å². The van der Waals surface area contributed by atoms with E-state index in [1.165, 1.54) is 6.08 Å². The van der Waals surface area contributed by atoms with E-state index in [4.69, 9.17) is 4.74 Å². The van der Waals surface area contributed by atoms with Gasteiger partial charge in [-0.1, -0.05) is 12.7 Å². The van der Waals surface area contributed by atoms with E-state index in [9.17, 15) is 14.4 Å². The van der Waals surface area contributed by atoms with Gasteiger partial charge in [0.25, 0.3) is 0 Å². The summed E-state index contributed by atoms with van der Waals surface area (Å²) in [7, 11) is 0. The monoisotopic (exact) mass is 329 g/mol. The molecule has 0 unspecified atom stereocenters. The smallest absolute Gasteiger partial charge is 0.331 e. The lowest BCUT2D eigenvalue weighted by atomic mass is 10.0. The fourth-order valence-corrected chi connectivity index (χ4v) is 2.28. The number of amides is 4. The highest BCUT2D eigenvalue weighted by Gasteiger charge is 2.41. The van der Waals surface area contributed by atoms with E-state index in [2.05, 4.69) is 23.8 Å². The molecule has 0 spiro atoms. The third kappa shape index (κ3) is 3.62. The zero-order valence-corrected chi connectivity index (χ0v) is 13.4. The van der Waals surface area contributed by atoms with Crippen molar-refractivity contribution in [2.24, 2.45) is 5.92 Å². The Balaban J connectivity index is 2.12. The summed E-state index contributed by atoms with van der Waals surface area (Å²) in [5.74, 6) is -1.81. The SMILES string of the molecule is C=CCN1C(=O)NC(=O)[C@@H](C(=C)Nc2ccc(OCC)cc2)C1=O. The molecule has 1 atom stereocenters. The molecule has 1 aliphatic heterocycles. The number of urea groups is 1. The minimum atomic E-state index is -1.19. The molecule has 0 aliphatic carbocycles. The maximum absolute atomic E-state index is 12.4. The third-order valence-electron chi connectivity index (χ3n) is 3.38. The molecule has 4 amide bonds. The zero-order valence-electron chi connectivity index (χ0n) is 13.4. The van der Waals surface area contributed by atoms with Crippen LogP contribution >= 0.6 is 0 Å². The molecule has 0 radical (unpaired) electrons. The first kappa shape index (κ1) is 17.3. The van der Waals surface area contributed by atoms with Gasteiger partial charge in [0.05, 0.1) is 6.61 Å². The highest BCUT2D eigenvalue weighted by Crippen LogP contribution is 2.22. The molecule has 0 aromatic heterocycles. The van der Waals surface area contributed by atoms with Crippen LogP contribution in [-0.2, 0) is 9.59 Å². The number of imide groups is 2. The van der Waals surface area contributed by atoms with Gasteiger partial charge < -0.3 is 10.1 Å². The van der Waals surface area contributed by atoms with Gasteiger partial charge in [-0.3, -0.25) is 19.8 Å². The maximum atomic E-state index is 12.4. The van der Waals surface area contributed by atoms with Crippen LogP contribution in [0.1, 0.15) is 6.92 Å². The summed E-state index contributed by atoms with van der Waals surface area (Å²) in [4.78, 5) is 37.0. The Kier molecular flexibility index (Phi) is 5.36. The Labute approximate surface area is 140 Å². The van der Waals surface area contributed by atoms with Crippen LogP contribution in [0.2, 0.25) is 0 Å². The fraction of sp³-hybridized carbons (Fsp3) is 0.235. The van der Waals surface area contributed by atoms with Crippen molar-refractivity contribution in [3.63, 3.8) is 0 Å². The molecule has 1 fully saturated rings. The van der Waals surface area contributed by atoms with E-state index in [1.807, 2.05) is 6.92 Å².